The number of fused-ring (bicyclic) bond motifs is 1. The van der Waals surface area contributed by atoms with Crippen molar-refractivity contribution in [2.24, 2.45) is 0 Å². The van der Waals surface area contributed by atoms with Gasteiger partial charge in [0.25, 0.3) is 0 Å². The third-order valence-corrected chi connectivity index (χ3v) is 2.83. The maximum absolute atomic E-state index is 9.68. The van der Waals surface area contributed by atoms with Crippen molar-refractivity contribution < 1.29 is 19.7 Å². The average Bonchev–Trinajstić information content (AvgIpc) is 2.38. The third-order valence-electron chi connectivity index (χ3n) is 2.83. The van der Waals surface area contributed by atoms with E-state index in [2.05, 4.69) is 5.32 Å². The summed E-state index contributed by atoms with van der Waals surface area (Å²) in [6, 6.07) is 0. The Balaban J connectivity index is 2.25. The monoisotopic (exact) mass is 203 g/mol. The molecule has 14 heavy (non-hydrogen) atoms. The van der Waals surface area contributed by atoms with Crippen LogP contribution in [0.4, 0.5) is 0 Å². The number of ether oxygens (including phenoxy) is 2. The molecule has 2 heterocycles. The van der Waals surface area contributed by atoms with Gasteiger partial charge in [-0.05, 0) is 20.3 Å². The van der Waals surface area contributed by atoms with Crippen LogP contribution in [0, 0.1) is 0 Å². The maximum Gasteiger partial charge on any atom is 0.164 e. The lowest BCUT2D eigenvalue weighted by Crippen LogP contribution is -2.60. The average molecular weight is 203 g/mol. The van der Waals surface area contributed by atoms with Crippen LogP contribution in [0.1, 0.15) is 20.3 Å². The largest absolute Gasteiger partial charge is 0.393 e. The minimum atomic E-state index is -0.766. The highest BCUT2D eigenvalue weighted by molar-refractivity contribution is 5.02. The Kier molecular flexibility index (Phi) is 2.32. The van der Waals surface area contributed by atoms with E-state index >= 15 is 0 Å². The van der Waals surface area contributed by atoms with E-state index in [1.54, 1.807) is 13.8 Å². The predicted octanol–water partition coefficient (Wildman–Crippen LogP) is -0.819. The van der Waals surface area contributed by atoms with Crippen molar-refractivity contribution in [3.8, 4) is 0 Å². The number of hydrogen-bond donors (Lipinski definition) is 3. The van der Waals surface area contributed by atoms with Crippen molar-refractivity contribution in [2.75, 3.05) is 13.2 Å². The zero-order valence-corrected chi connectivity index (χ0v) is 8.49. The van der Waals surface area contributed by atoms with Crippen LogP contribution in [0.5, 0.6) is 0 Å². The van der Waals surface area contributed by atoms with E-state index in [9.17, 15) is 10.2 Å². The quantitative estimate of drug-likeness (QED) is 0.519. The molecule has 2 saturated heterocycles. The number of aliphatic hydroxyl groups excluding tert-OH is 2. The molecule has 2 fully saturated rings. The fourth-order valence-corrected chi connectivity index (χ4v) is 2.27. The van der Waals surface area contributed by atoms with Crippen LogP contribution in [-0.2, 0) is 9.47 Å². The number of aliphatic hydroxyl groups is 2. The molecule has 0 spiro atoms. The summed E-state index contributed by atoms with van der Waals surface area (Å²) in [5.41, 5.74) is -0.742. The molecule has 0 aromatic heterocycles. The minimum absolute atomic E-state index is 0.125. The van der Waals surface area contributed by atoms with Gasteiger partial charge in [-0.2, -0.15) is 0 Å². The van der Waals surface area contributed by atoms with Gasteiger partial charge in [0.15, 0.2) is 5.79 Å². The molecule has 0 saturated carbocycles. The van der Waals surface area contributed by atoms with Crippen LogP contribution >= 0.6 is 0 Å². The van der Waals surface area contributed by atoms with Gasteiger partial charge in [-0.25, -0.2) is 0 Å². The van der Waals surface area contributed by atoms with Gasteiger partial charge in [-0.3, -0.25) is 5.32 Å². The summed E-state index contributed by atoms with van der Waals surface area (Å²) in [5, 5.41) is 21.9. The first-order chi connectivity index (χ1) is 6.49. The molecule has 0 radical (unpaired) electrons. The molecule has 0 bridgehead atoms. The molecule has 0 unspecified atom stereocenters. The lowest BCUT2D eigenvalue weighted by Gasteiger charge is -2.38. The highest BCUT2D eigenvalue weighted by atomic mass is 16.8. The summed E-state index contributed by atoms with van der Waals surface area (Å²) in [7, 11) is 0. The molecule has 2 aliphatic heterocycles. The third kappa shape index (κ3) is 1.45. The number of hydrogen-bond acceptors (Lipinski definition) is 5. The van der Waals surface area contributed by atoms with Crippen molar-refractivity contribution in [2.45, 2.75) is 44.0 Å². The van der Waals surface area contributed by atoms with Crippen LogP contribution < -0.4 is 5.32 Å². The second kappa shape index (κ2) is 3.15. The second-order valence-corrected chi connectivity index (χ2v) is 4.41. The van der Waals surface area contributed by atoms with E-state index in [0.717, 1.165) is 0 Å². The fraction of sp³-hybridized carbons (Fsp3) is 1.00. The first-order valence-electron chi connectivity index (χ1n) is 4.89. The van der Waals surface area contributed by atoms with Crippen molar-refractivity contribution in [3.63, 3.8) is 0 Å². The molecule has 82 valence electrons. The Bertz CT molecular complexity index is 233. The van der Waals surface area contributed by atoms with Crippen LogP contribution in [0.2, 0.25) is 0 Å². The van der Waals surface area contributed by atoms with Gasteiger partial charge < -0.3 is 19.7 Å². The summed E-state index contributed by atoms with van der Waals surface area (Å²) in [6.07, 6.45) is -0.608. The van der Waals surface area contributed by atoms with Gasteiger partial charge in [0, 0.05) is 6.54 Å². The standard InChI is InChI=1S/C9H17NO4/c1-8(2)13-6-7(12)10-4-3-9(6,5-11)14-8/h6-7,10-12H,3-5H2,1-2H3/t6-,7+,9+/m1/s1. The molecule has 3 atom stereocenters. The Morgan fingerprint density at radius 2 is 2.21 bits per heavy atom. The fourth-order valence-electron chi connectivity index (χ4n) is 2.27. The van der Waals surface area contributed by atoms with Gasteiger partial charge in [-0.1, -0.05) is 0 Å². The SMILES string of the molecule is CC1(C)O[C@@H]2[C@H](O)NCC[C@@]2(CO)O1. The molecule has 3 N–H and O–H groups in total. The lowest BCUT2D eigenvalue weighted by molar-refractivity contribution is -0.170. The zero-order chi connectivity index (χ0) is 10.4. The zero-order valence-electron chi connectivity index (χ0n) is 8.49. The molecule has 0 aromatic rings. The van der Waals surface area contributed by atoms with Gasteiger partial charge >= 0.3 is 0 Å². The van der Waals surface area contributed by atoms with Crippen molar-refractivity contribution in [1.29, 1.82) is 0 Å². The van der Waals surface area contributed by atoms with Gasteiger partial charge in [0.2, 0.25) is 0 Å². The van der Waals surface area contributed by atoms with E-state index in [1.807, 2.05) is 0 Å². The second-order valence-electron chi connectivity index (χ2n) is 4.41. The summed E-state index contributed by atoms with van der Waals surface area (Å²) in [4.78, 5) is 0. The molecular weight excluding hydrogens is 186 g/mol. The number of rotatable bonds is 1. The van der Waals surface area contributed by atoms with Crippen LogP contribution in [0.15, 0.2) is 0 Å². The van der Waals surface area contributed by atoms with E-state index in [-0.39, 0.29) is 6.61 Å². The predicted molar refractivity (Wildman–Crippen MR) is 48.5 cm³/mol. The van der Waals surface area contributed by atoms with Gasteiger partial charge in [0.1, 0.15) is 17.9 Å². The van der Waals surface area contributed by atoms with Crippen LogP contribution in [0.25, 0.3) is 0 Å². The summed E-state index contributed by atoms with van der Waals surface area (Å²) >= 11 is 0. The highest BCUT2D eigenvalue weighted by Gasteiger charge is 2.57. The van der Waals surface area contributed by atoms with Gasteiger partial charge in [-0.15, -0.1) is 0 Å². The van der Waals surface area contributed by atoms with E-state index < -0.39 is 23.7 Å². The highest BCUT2D eigenvalue weighted by Crippen LogP contribution is 2.41. The first kappa shape index (κ1) is 10.3. The molecule has 2 aliphatic rings. The van der Waals surface area contributed by atoms with E-state index in [0.29, 0.717) is 13.0 Å². The lowest BCUT2D eigenvalue weighted by atomic mass is 9.89. The molecule has 2 rings (SSSR count). The van der Waals surface area contributed by atoms with Crippen molar-refractivity contribution >= 4 is 0 Å². The summed E-state index contributed by atoms with van der Waals surface area (Å²) in [5.74, 6) is -0.736. The maximum atomic E-state index is 9.68. The van der Waals surface area contributed by atoms with Crippen LogP contribution in [-0.4, -0.2) is 47.1 Å². The Morgan fingerprint density at radius 3 is 2.79 bits per heavy atom. The Morgan fingerprint density at radius 1 is 1.50 bits per heavy atom. The Hall–Kier alpha value is -0.200. The normalized spacial score (nSPS) is 46.3. The molecule has 0 aromatic carbocycles. The van der Waals surface area contributed by atoms with Crippen molar-refractivity contribution in [3.05, 3.63) is 0 Å². The van der Waals surface area contributed by atoms with Gasteiger partial charge in [0.05, 0.1) is 6.61 Å². The first-order valence-corrected chi connectivity index (χ1v) is 4.89. The summed E-state index contributed by atoms with van der Waals surface area (Å²) in [6.45, 7) is 4.07. The number of nitrogens with one attached hydrogen (secondary N) is 1. The number of piperidine rings is 1. The smallest absolute Gasteiger partial charge is 0.164 e. The summed E-state index contributed by atoms with van der Waals surface area (Å²) < 4.78 is 11.3. The van der Waals surface area contributed by atoms with Crippen molar-refractivity contribution in [1.82, 2.24) is 5.32 Å². The minimum Gasteiger partial charge on any atom is -0.393 e. The molecule has 5 heteroatoms. The Labute approximate surface area is 83.0 Å². The molecule has 5 nitrogen and oxygen atoms in total. The molecular formula is C9H17NO4. The van der Waals surface area contributed by atoms with Crippen LogP contribution in [0.3, 0.4) is 0 Å². The van der Waals surface area contributed by atoms with E-state index in [1.165, 1.54) is 0 Å². The van der Waals surface area contributed by atoms with E-state index in [4.69, 9.17) is 9.47 Å². The topological polar surface area (TPSA) is 71.0 Å². The molecule has 0 aliphatic carbocycles. The molecule has 0 amide bonds.